The smallest absolute Gasteiger partial charge is 0.236 e. The highest BCUT2D eigenvalue weighted by atomic mass is 16.5. The summed E-state index contributed by atoms with van der Waals surface area (Å²) in [6.45, 7) is 7.27. The van der Waals surface area contributed by atoms with E-state index in [2.05, 4.69) is 25.8 Å². The third-order valence-electron chi connectivity index (χ3n) is 5.20. The van der Waals surface area contributed by atoms with Gasteiger partial charge >= 0.3 is 0 Å². The van der Waals surface area contributed by atoms with Gasteiger partial charge < -0.3 is 20.3 Å². The fourth-order valence-electron chi connectivity index (χ4n) is 3.73. The molecule has 148 valence electrons. The number of carbonyl (C=O) groups excluding carboxylic acids is 1. The Kier molecular flexibility index (Phi) is 5.29. The summed E-state index contributed by atoms with van der Waals surface area (Å²) in [4.78, 5) is 27.5. The van der Waals surface area contributed by atoms with E-state index in [0.29, 0.717) is 26.2 Å². The summed E-state index contributed by atoms with van der Waals surface area (Å²) in [5.74, 6) is 2.21. The summed E-state index contributed by atoms with van der Waals surface area (Å²) in [6, 6.07) is 9.97. The topological polar surface area (TPSA) is 87.8 Å². The number of aromatic nitrogens is 2. The Morgan fingerprint density at radius 2 is 1.93 bits per heavy atom. The first-order valence-electron chi connectivity index (χ1n) is 9.65. The van der Waals surface area contributed by atoms with Gasteiger partial charge in [0.1, 0.15) is 18.2 Å². The molecule has 0 atom stereocenters. The predicted octanol–water partition coefficient (Wildman–Crippen LogP) is 0.910. The molecule has 0 aliphatic carbocycles. The molecule has 0 saturated carbocycles. The summed E-state index contributed by atoms with van der Waals surface area (Å²) in [6.07, 6.45) is 0. The number of ether oxygens (including phenoxy) is 1. The Morgan fingerprint density at radius 1 is 1.14 bits per heavy atom. The van der Waals surface area contributed by atoms with Gasteiger partial charge in [-0.3, -0.25) is 9.69 Å². The average molecular weight is 382 g/mol. The van der Waals surface area contributed by atoms with Gasteiger partial charge in [0, 0.05) is 56.6 Å². The summed E-state index contributed by atoms with van der Waals surface area (Å²) >= 11 is 0. The van der Waals surface area contributed by atoms with E-state index in [1.54, 1.807) is 0 Å². The minimum Gasteiger partial charge on any atom is -0.492 e. The van der Waals surface area contributed by atoms with Crippen LogP contribution in [0, 0.1) is 6.92 Å². The number of aryl methyl sites for hydroxylation is 1. The molecule has 1 saturated heterocycles. The van der Waals surface area contributed by atoms with Crippen LogP contribution in [0.25, 0.3) is 0 Å². The normalized spacial score (nSPS) is 17.6. The van der Waals surface area contributed by atoms with Gasteiger partial charge in [-0.05, 0) is 13.0 Å². The molecule has 2 aliphatic heterocycles. The van der Waals surface area contributed by atoms with Crippen LogP contribution in [0.2, 0.25) is 0 Å². The van der Waals surface area contributed by atoms with E-state index in [4.69, 9.17) is 10.5 Å². The van der Waals surface area contributed by atoms with Gasteiger partial charge in [0.05, 0.1) is 6.54 Å². The third-order valence-corrected chi connectivity index (χ3v) is 5.20. The Hall–Kier alpha value is -2.87. The highest BCUT2D eigenvalue weighted by Gasteiger charge is 2.25. The second kappa shape index (κ2) is 8.02. The van der Waals surface area contributed by atoms with Crippen LogP contribution in [0.15, 0.2) is 30.3 Å². The monoisotopic (exact) mass is 382 g/mol. The molecule has 2 aliphatic rings. The number of amides is 1. The number of piperazine rings is 1. The summed E-state index contributed by atoms with van der Waals surface area (Å²) < 4.78 is 5.79. The quantitative estimate of drug-likeness (QED) is 0.844. The largest absolute Gasteiger partial charge is 0.492 e. The maximum absolute atomic E-state index is 12.8. The van der Waals surface area contributed by atoms with Crippen LogP contribution < -0.4 is 15.4 Å². The fourth-order valence-corrected chi connectivity index (χ4v) is 3.73. The van der Waals surface area contributed by atoms with Gasteiger partial charge in [0.15, 0.2) is 0 Å². The van der Waals surface area contributed by atoms with Crippen molar-refractivity contribution in [1.29, 1.82) is 0 Å². The molecule has 0 radical (unpaired) electrons. The van der Waals surface area contributed by atoms with Gasteiger partial charge in [-0.15, -0.1) is 0 Å². The number of nitrogens with zero attached hydrogens (tertiary/aromatic N) is 5. The second-order valence-corrected chi connectivity index (χ2v) is 7.26. The number of para-hydroxylation sites is 1. The van der Waals surface area contributed by atoms with E-state index in [-0.39, 0.29) is 11.9 Å². The maximum atomic E-state index is 12.8. The molecule has 1 aromatic carbocycles. The van der Waals surface area contributed by atoms with Crippen molar-refractivity contribution in [2.45, 2.75) is 13.5 Å². The second-order valence-electron chi connectivity index (χ2n) is 7.26. The zero-order chi connectivity index (χ0) is 19.5. The molecule has 8 heteroatoms. The molecule has 2 aromatic rings. The van der Waals surface area contributed by atoms with Crippen LogP contribution in [0.5, 0.6) is 5.75 Å². The number of benzene rings is 1. The highest BCUT2D eigenvalue weighted by Crippen LogP contribution is 2.22. The van der Waals surface area contributed by atoms with Crippen molar-refractivity contribution in [3.05, 3.63) is 41.6 Å². The molecule has 8 nitrogen and oxygen atoms in total. The van der Waals surface area contributed by atoms with E-state index in [0.717, 1.165) is 49.0 Å². The van der Waals surface area contributed by atoms with Crippen molar-refractivity contribution in [1.82, 2.24) is 19.8 Å². The third kappa shape index (κ3) is 4.17. The molecule has 0 bridgehead atoms. The number of nitrogens with two attached hydrogens (primary N) is 1. The Morgan fingerprint density at radius 3 is 2.71 bits per heavy atom. The average Bonchev–Trinajstić information content (AvgIpc) is 2.89. The van der Waals surface area contributed by atoms with Gasteiger partial charge in [-0.2, -0.15) is 4.98 Å². The van der Waals surface area contributed by atoms with Crippen molar-refractivity contribution in [3.8, 4) is 5.75 Å². The molecular weight excluding hydrogens is 356 g/mol. The van der Waals surface area contributed by atoms with Crippen molar-refractivity contribution in [2.75, 3.05) is 56.5 Å². The molecule has 1 amide bonds. The SMILES string of the molecule is Cc1cc(N2CCN(C(=O)CN3CCOc4ccccc4C3)CC2)nc(N)n1. The number of fused-ring (bicyclic) bond motifs is 1. The zero-order valence-electron chi connectivity index (χ0n) is 16.2. The number of hydrogen-bond acceptors (Lipinski definition) is 7. The number of hydrogen-bond donors (Lipinski definition) is 1. The van der Waals surface area contributed by atoms with Crippen molar-refractivity contribution < 1.29 is 9.53 Å². The lowest BCUT2D eigenvalue weighted by atomic mass is 10.2. The van der Waals surface area contributed by atoms with Gasteiger partial charge in [0.2, 0.25) is 11.9 Å². The van der Waals surface area contributed by atoms with E-state index >= 15 is 0 Å². The Balaban J connectivity index is 1.33. The lowest BCUT2D eigenvalue weighted by molar-refractivity contribution is -0.132. The number of anilines is 2. The van der Waals surface area contributed by atoms with Crippen LogP contribution in [0.4, 0.5) is 11.8 Å². The van der Waals surface area contributed by atoms with E-state index < -0.39 is 0 Å². The predicted molar refractivity (Wildman–Crippen MR) is 107 cm³/mol. The van der Waals surface area contributed by atoms with Crippen molar-refractivity contribution in [3.63, 3.8) is 0 Å². The minimum atomic E-state index is 0.164. The van der Waals surface area contributed by atoms with Crippen LogP contribution in [0.1, 0.15) is 11.3 Å². The van der Waals surface area contributed by atoms with E-state index in [1.165, 1.54) is 0 Å². The number of rotatable bonds is 3. The first kappa shape index (κ1) is 18.5. The Labute approximate surface area is 164 Å². The van der Waals surface area contributed by atoms with E-state index in [1.807, 2.05) is 36.1 Å². The molecule has 28 heavy (non-hydrogen) atoms. The minimum absolute atomic E-state index is 0.164. The van der Waals surface area contributed by atoms with Gasteiger partial charge in [0.25, 0.3) is 0 Å². The molecular formula is C20H26N6O2. The van der Waals surface area contributed by atoms with Gasteiger partial charge in [-0.25, -0.2) is 4.98 Å². The highest BCUT2D eigenvalue weighted by molar-refractivity contribution is 5.78. The molecule has 1 fully saturated rings. The molecule has 0 unspecified atom stereocenters. The zero-order valence-corrected chi connectivity index (χ0v) is 16.2. The molecule has 4 rings (SSSR count). The summed E-state index contributed by atoms with van der Waals surface area (Å²) in [5.41, 5.74) is 7.75. The molecule has 2 N–H and O–H groups in total. The summed E-state index contributed by atoms with van der Waals surface area (Å²) in [5, 5.41) is 0. The molecule has 3 heterocycles. The van der Waals surface area contributed by atoms with Crippen LogP contribution in [-0.2, 0) is 11.3 Å². The first-order valence-corrected chi connectivity index (χ1v) is 9.65. The summed E-state index contributed by atoms with van der Waals surface area (Å²) in [7, 11) is 0. The van der Waals surface area contributed by atoms with Crippen LogP contribution in [0.3, 0.4) is 0 Å². The first-order chi connectivity index (χ1) is 13.6. The van der Waals surface area contributed by atoms with Crippen LogP contribution in [-0.4, -0.2) is 71.6 Å². The lowest BCUT2D eigenvalue weighted by Gasteiger charge is -2.36. The fraction of sp³-hybridized carbons (Fsp3) is 0.450. The van der Waals surface area contributed by atoms with E-state index in [9.17, 15) is 4.79 Å². The van der Waals surface area contributed by atoms with Crippen molar-refractivity contribution >= 4 is 17.7 Å². The van der Waals surface area contributed by atoms with Crippen molar-refractivity contribution in [2.24, 2.45) is 0 Å². The molecule has 0 spiro atoms. The Bertz CT molecular complexity index is 830. The number of carbonyl (C=O) groups is 1. The van der Waals surface area contributed by atoms with Crippen LogP contribution >= 0.6 is 0 Å². The number of nitrogen functional groups attached to an aromatic ring is 1. The standard InChI is InChI=1S/C20H26N6O2/c1-15-12-18(23-20(21)22-15)25-6-8-26(9-7-25)19(27)14-24-10-11-28-17-5-3-2-4-16(17)13-24/h2-5,12H,6-11,13-14H2,1H3,(H2,21,22,23). The maximum Gasteiger partial charge on any atom is 0.236 e. The lowest BCUT2D eigenvalue weighted by Crippen LogP contribution is -2.51. The van der Waals surface area contributed by atoms with Gasteiger partial charge in [-0.1, -0.05) is 18.2 Å². The molecule has 1 aromatic heterocycles.